The second-order valence-electron chi connectivity index (χ2n) is 7.53. The van der Waals surface area contributed by atoms with Gasteiger partial charge in [-0.25, -0.2) is 9.78 Å². The number of anilines is 2. The molecule has 1 N–H and O–H groups in total. The second-order valence-corrected chi connectivity index (χ2v) is 7.53. The fraction of sp³-hybridized carbons (Fsp3) is 0.240. The normalized spacial score (nSPS) is 12.2. The number of ketones is 1. The number of esters is 1. The van der Waals surface area contributed by atoms with Crippen LogP contribution >= 0.6 is 0 Å². The third kappa shape index (κ3) is 6.19. The van der Waals surface area contributed by atoms with E-state index in [9.17, 15) is 22.8 Å². The van der Waals surface area contributed by atoms with Gasteiger partial charge in [0.1, 0.15) is 11.4 Å². The van der Waals surface area contributed by atoms with Crippen LogP contribution in [-0.4, -0.2) is 23.3 Å². The number of halogens is 3. The summed E-state index contributed by atoms with van der Waals surface area (Å²) in [7, 11) is 0. The van der Waals surface area contributed by atoms with E-state index in [1.165, 1.54) is 30.5 Å². The Bertz CT molecular complexity index is 1130. The summed E-state index contributed by atoms with van der Waals surface area (Å²) < 4.78 is 44.0. The van der Waals surface area contributed by atoms with Crippen LogP contribution in [0.25, 0.3) is 0 Å². The van der Waals surface area contributed by atoms with Gasteiger partial charge in [0.15, 0.2) is 12.4 Å². The molecule has 3 aromatic rings. The highest BCUT2D eigenvalue weighted by atomic mass is 19.4. The van der Waals surface area contributed by atoms with E-state index in [0.717, 1.165) is 24.1 Å². The van der Waals surface area contributed by atoms with Crippen molar-refractivity contribution in [1.82, 2.24) is 4.98 Å². The maximum atomic E-state index is 13.0. The summed E-state index contributed by atoms with van der Waals surface area (Å²) in [4.78, 5) is 29.0. The van der Waals surface area contributed by atoms with Gasteiger partial charge < -0.3 is 10.1 Å². The molecule has 1 aromatic heterocycles. The van der Waals surface area contributed by atoms with Gasteiger partial charge in [0.05, 0.1) is 5.56 Å². The molecule has 0 aliphatic carbocycles. The van der Waals surface area contributed by atoms with Crippen LogP contribution in [0.15, 0.2) is 66.9 Å². The lowest BCUT2D eigenvalue weighted by Gasteiger charge is -2.13. The minimum atomic E-state index is -4.50. The number of hydrogen-bond donors (Lipinski definition) is 1. The molecular formula is C25H23F3N2O3. The zero-order valence-electron chi connectivity index (χ0n) is 18.1. The van der Waals surface area contributed by atoms with Gasteiger partial charge in [-0.1, -0.05) is 44.2 Å². The number of nitrogens with one attached hydrogen (secondary N) is 1. The number of alkyl halides is 3. The van der Waals surface area contributed by atoms with Crippen molar-refractivity contribution in [2.24, 2.45) is 0 Å². The first-order chi connectivity index (χ1) is 15.7. The van der Waals surface area contributed by atoms with Crippen molar-refractivity contribution >= 4 is 23.3 Å². The Hall–Kier alpha value is -3.68. The van der Waals surface area contributed by atoms with Crippen molar-refractivity contribution in [1.29, 1.82) is 0 Å². The molecule has 0 aliphatic rings. The van der Waals surface area contributed by atoms with Crippen LogP contribution in [0, 0.1) is 0 Å². The van der Waals surface area contributed by atoms with E-state index in [-0.39, 0.29) is 22.9 Å². The third-order valence-electron chi connectivity index (χ3n) is 5.23. The number of nitrogens with zero attached hydrogens (tertiary/aromatic N) is 1. The number of hydrogen-bond acceptors (Lipinski definition) is 5. The molecule has 5 nitrogen and oxygen atoms in total. The molecule has 2 aromatic carbocycles. The van der Waals surface area contributed by atoms with Crippen LogP contribution in [0.5, 0.6) is 0 Å². The molecular weight excluding hydrogens is 433 g/mol. The predicted octanol–water partition coefficient (Wildman–Crippen LogP) is 6.40. The molecule has 3 rings (SSSR count). The molecule has 172 valence electrons. The lowest BCUT2D eigenvalue weighted by atomic mass is 9.97. The van der Waals surface area contributed by atoms with Crippen molar-refractivity contribution in [3.05, 3.63) is 89.1 Å². The summed E-state index contributed by atoms with van der Waals surface area (Å²) in [5.74, 6) is -0.787. The number of aromatic nitrogens is 1. The van der Waals surface area contributed by atoms with E-state index in [1.54, 1.807) is 12.1 Å². The summed E-state index contributed by atoms with van der Waals surface area (Å²) in [6.45, 7) is 3.70. The van der Waals surface area contributed by atoms with Gasteiger partial charge in [0.25, 0.3) is 0 Å². The highest BCUT2D eigenvalue weighted by Gasteiger charge is 2.30. The van der Waals surface area contributed by atoms with Gasteiger partial charge in [-0.05, 0) is 48.2 Å². The smallest absolute Gasteiger partial charge is 0.416 e. The van der Waals surface area contributed by atoms with E-state index >= 15 is 0 Å². The van der Waals surface area contributed by atoms with Crippen LogP contribution < -0.4 is 5.32 Å². The molecule has 0 saturated carbocycles. The van der Waals surface area contributed by atoms with Crippen molar-refractivity contribution in [3.8, 4) is 0 Å². The molecule has 1 unspecified atom stereocenters. The molecule has 0 fully saturated rings. The third-order valence-corrected chi connectivity index (χ3v) is 5.23. The fourth-order valence-corrected chi connectivity index (χ4v) is 3.11. The number of Topliss-reactive ketones (excluding diaryl/α,β-unsaturated/α-hetero) is 1. The Labute approximate surface area is 189 Å². The van der Waals surface area contributed by atoms with Crippen LogP contribution in [0.1, 0.15) is 58.0 Å². The van der Waals surface area contributed by atoms with Gasteiger partial charge >= 0.3 is 12.1 Å². The van der Waals surface area contributed by atoms with Crippen molar-refractivity contribution in [2.75, 3.05) is 11.9 Å². The molecule has 0 spiro atoms. The predicted molar refractivity (Wildman–Crippen MR) is 119 cm³/mol. The van der Waals surface area contributed by atoms with Gasteiger partial charge in [-0.3, -0.25) is 4.79 Å². The Morgan fingerprint density at radius 2 is 1.79 bits per heavy atom. The summed E-state index contributed by atoms with van der Waals surface area (Å²) in [5.41, 5.74) is 0.803. The first-order valence-corrected chi connectivity index (χ1v) is 10.4. The molecule has 0 saturated heterocycles. The molecule has 33 heavy (non-hydrogen) atoms. The summed E-state index contributed by atoms with van der Waals surface area (Å²) >= 11 is 0. The average Bonchev–Trinajstić information content (AvgIpc) is 2.82. The molecule has 1 heterocycles. The zero-order valence-corrected chi connectivity index (χ0v) is 18.1. The van der Waals surface area contributed by atoms with Gasteiger partial charge in [-0.15, -0.1) is 0 Å². The number of carbonyl (C=O) groups is 2. The zero-order chi connectivity index (χ0) is 24.0. The first-order valence-electron chi connectivity index (χ1n) is 10.4. The summed E-state index contributed by atoms with van der Waals surface area (Å²) in [6, 6.07) is 14.6. The summed E-state index contributed by atoms with van der Waals surface area (Å²) in [5, 5.41) is 2.71. The van der Waals surface area contributed by atoms with Crippen molar-refractivity contribution in [2.45, 2.75) is 32.4 Å². The maximum Gasteiger partial charge on any atom is 0.416 e. The highest BCUT2D eigenvalue weighted by Crippen LogP contribution is 2.31. The van der Waals surface area contributed by atoms with Crippen LogP contribution in [0.4, 0.5) is 24.7 Å². The Morgan fingerprint density at radius 1 is 1.06 bits per heavy atom. The number of pyridine rings is 1. The molecule has 0 aliphatic heterocycles. The standard InChI is InChI=1S/C25H23F3N2O3/c1-3-16(2)17-9-11-18(12-10-17)22(31)15-33-24(32)21-8-5-13-29-23(21)30-20-7-4-6-19(14-20)25(26,27)28/h4-14,16H,3,15H2,1-2H3,(H,29,30). The average molecular weight is 456 g/mol. The Morgan fingerprint density at radius 3 is 2.45 bits per heavy atom. The first kappa shape index (κ1) is 24.0. The van der Waals surface area contributed by atoms with E-state index in [2.05, 4.69) is 24.1 Å². The fourth-order valence-electron chi connectivity index (χ4n) is 3.11. The number of benzene rings is 2. The lowest BCUT2D eigenvalue weighted by Crippen LogP contribution is -2.16. The minimum Gasteiger partial charge on any atom is -0.454 e. The van der Waals surface area contributed by atoms with Crippen molar-refractivity contribution in [3.63, 3.8) is 0 Å². The quantitative estimate of drug-likeness (QED) is 0.314. The topological polar surface area (TPSA) is 68.3 Å². The lowest BCUT2D eigenvalue weighted by molar-refractivity contribution is -0.137. The molecule has 1 atom stereocenters. The molecule has 0 radical (unpaired) electrons. The van der Waals surface area contributed by atoms with Crippen LogP contribution in [0.2, 0.25) is 0 Å². The molecule has 0 bridgehead atoms. The van der Waals surface area contributed by atoms with Gasteiger partial charge in [0, 0.05) is 17.4 Å². The number of ether oxygens (including phenoxy) is 1. The second kappa shape index (κ2) is 10.3. The van der Waals surface area contributed by atoms with Gasteiger partial charge in [-0.2, -0.15) is 13.2 Å². The van der Waals surface area contributed by atoms with E-state index in [1.807, 2.05) is 12.1 Å². The summed E-state index contributed by atoms with van der Waals surface area (Å²) in [6.07, 6.45) is -2.14. The maximum absolute atomic E-state index is 13.0. The molecule has 8 heteroatoms. The van der Waals surface area contributed by atoms with Crippen molar-refractivity contribution < 1.29 is 27.5 Å². The Kier molecular flexibility index (Phi) is 7.48. The van der Waals surface area contributed by atoms with E-state index < -0.39 is 24.3 Å². The van der Waals surface area contributed by atoms with Crippen LogP contribution in [0.3, 0.4) is 0 Å². The van der Waals surface area contributed by atoms with Gasteiger partial charge in [0.2, 0.25) is 0 Å². The molecule has 0 amide bonds. The monoisotopic (exact) mass is 456 g/mol. The van der Waals surface area contributed by atoms with Crippen LogP contribution in [-0.2, 0) is 10.9 Å². The van der Waals surface area contributed by atoms with E-state index in [4.69, 9.17) is 4.74 Å². The van der Waals surface area contributed by atoms with E-state index in [0.29, 0.717) is 11.5 Å². The minimum absolute atomic E-state index is 0.00479. The SMILES string of the molecule is CCC(C)c1ccc(C(=O)COC(=O)c2cccnc2Nc2cccc(C(F)(F)F)c2)cc1. The number of carbonyl (C=O) groups excluding carboxylic acids is 2. The highest BCUT2D eigenvalue weighted by molar-refractivity contribution is 6.00. The Balaban J connectivity index is 1.68. The number of rotatable bonds is 8. The largest absolute Gasteiger partial charge is 0.454 e.